The number of likely N-dealkylation sites (N-methyl/N-ethyl adjacent to an activating group) is 1. The molecule has 1 amide bonds. The van der Waals surface area contributed by atoms with Crippen molar-refractivity contribution in [2.45, 2.75) is 25.7 Å². The van der Waals surface area contributed by atoms with Crippen molar-refractivity contribution in [3.63, 3.8) is 0 Å². The number of aromatic amines is 1. The highest BCUT2D eigenvalue weighted by Crippen LogP contribution is 2.31. The van der Waals surface area contributed by atoms with Crippen molar-refractivity contribution >= 4 is 22.5 Å². The number of benzene rings is 1. The van der Waals surface area contributed by atoms with Gasteiger partial charge in [0, 0.05) is 62.0 Å². The Labute approximate surface area is 189 Å². The SMILES string of the molecule is CN1CCN(C[C@H]2CC[C@H](C(=O)Nc3cc4cc(-c5cn[nH]c5)ccc4cn3)CC2)CC1. The van der Waals surface area contributed by atoms with Gasteiger partial charge in [-0.15, -0.1) is 0 Å². The van der Waals surface area contributed by atoms with Gasteiger partial charge in [-0.2, -0.15) is 5.10 Å². The first-order valence-electron chi connectivity index (χ1n) is 11.7. The van der Waals surface area contributed by atoms with E-state index in [1.54, 1.807) is 0 Å². The smallest absolute Gasteiger partial charge is 0.228 e. The van der Waals surface area contributed by atoms with E-state index in [0.717, 1.165) is 53.5 Å². The van der Waals surface area contributed by atoms with Crippen molar-refractivity contribution in [2.75, 3.05) is 45.1 Å². The zero-order valence-corrected chi connectivity index (χ0v) is 18.8. The van der Waals surface area contributed by atoms with Gasteiger partial charge < -0.3 is 15.1 Å². The molecule has 0 bridgehead atoms. The van der Waals surface area contributed by atoms with Crippen molar-refractivity contribution in [1.82, 2.24) is 25.0 Å². The molecule has 1 aliphatic heterocycles. The molecular weight excluding hydrogens is 400 g/mol. The average molecular weight is 433 g/mol. The van der Waals surface area contributed by atoms with Gasteiger partial charge in [0.25, 0.3) is 0 Å². The molecule has 168 valence electrons. The molecule has 0 spiro atoms. The van der Waals surface area contributed by atoms with Crippen molar-refractivity contribution in [3.05, 3.63) is 42.9 Å². The van der Waals surface area contributed by atoms with Gasteiger partial charge in [0.05, 0.1) is 6.20 Å². The standard InChI is InChI=1S/C25H32N6O/c1-30-8-10-31(11-9-30)17-18-2-4-19(5-3-18)25(32)29-24-13-22-12-20(23-15-27-28-16-23)6-7-21(22)14-26-24/h6-7,12-16,18-19H,2-5,8-11,17H2,1H3,(H,27,28)(H,26,29,32)/t18-,19-. The summed E-state index contributed by atoms with van der Waals surface area (Å²) in [5, 5.41) is 12.1. The number of hydrogen-bond donors (Lipinski definition) is 2. The molecule has 2 fully saturated rings. The Hall–Kier alpha value is -2.77. The molecular formula is C25H32N6O. The maximum Gasteiger partial charge on any atom is 0.228 e. The highest BCUT2D eigenvalue weighted by molar-refractivity contribution is 5.95. The van der Waals surface area contributed by atoms with E-state index in [4.69, 9.17) is 0 Å². The zero-order valence-electron chi connectivity index (χ0n) is 18.8. The number of rotatable bonds is 5. The summed E-state index contributed by atoms with van der Waals surface area (Å²) in [6.07, 6.45) is 9.76. The molecule has 1 saturated carbocycles. The summed E-state index contributed by atoms with van der Waals surface area (Å²) < 4.78 is 0. The van der Waals surface area contributed by atoms with Crippen LogP contribution < -0.4 is 5.32 Å². The number of piperazine rings is 1. The number of aromatic nitrogens is 3. The van der Waals surface area contributed by atoms with E-state index in [2.05, 4.69) is 55.5 Å². The highest BCUT2D eigenvalue weighted by Gasteiger charge is 2.28. The Morgan fingerprint density at radius 2 is 1.84 bits per heavy atom. The second kappa shape index (κ2) is 9.38. The fourth-order valence-electron chi connectivity index (χ4n) is 5.03. The summed E-state index contributed by atoms with van der Waals surface area (Å²) >= 11 is 0. The number of hydrogen-bond acceptors (Lipinski definition) is 5. The van der Waals surface area contributed by atoms with Gasteiger partial charge in [-0.1, -0.05) is 12.1 Å². The van der Waals surface area contributed by atoms with Gasteiger partial charge in [0.2, 0.25) is 5.91 Å². The van der Waals surface area contributed by atoms with E-state index < -0.39 is 0 Å². The molecule has 1 aromatic carbocycles. The van der Waals surface area contributed by atoms with Crippen LogP contribution in [0.1, 0.15) is 25.7 Å². The van der Waals surface area contributed by atoms with Crippen LogP contribution in [0.5, 0.6) is 0 Å². The quantitative estimate of drug-likeness (QED) is 0.644. The zero-order chi connectivity index (χ0) is 21.9. The molecule has 3 heterocycles. The summed E-state index contributed by atoms with van der Waals surface area (Å²) in [4.78, 5) is 22.4. The third-order valence-electron chi connectivity index (χ3n) is 7.13. The lowest BCUT2D eigenvalue weighted by atomic mass is 9.81. The average Bonchev–Trinajstić information content (AvgIpc) is 3.36. The molecule has 32 heavy (non-hydrogen) atoms. The first-order valence-corrected chi connectivity index (χ1v) is 11.7. The number of carbonyl (C=O) groups is 1. The number of fused-ring (bicyclic) bond motifs is 1. The molecule has 0 unspecified atom stereocenters. The fraction of sp³-hybridized carbons (Fsp3) is 0.480. The minimum absolute atomic E-state index is 0.0912. The maximum atomic E-state index is 12.9. The van der Waals surface area contributed by atoms with Crippen LogP contribution in [-0.2, 0) is 4.79 Å². The molecule has 5 rings (SSSR count). The number of amides is 1. The summed E-state index contributed by atoms with van der Waals surface area (Å²) in [6.45, 7) is 5.87. The van der Waals surface area contributed by atoms with E-state index in [1.807, 2.05) is 24.7 Å². The Morgan fingerprint density at radius 1 is 1.03 bits per heavy atom. The van der Waals surface area contributed by atoms with Crippen LogP contribution in [-0.4, -0.2) is 70.7 Å². The maximum absolute atomic E-state index is 12.9. The topological polar surface area (TPSA) is 77.1 Å². The van der Waals surface area contributed by atoms with Gasteiger partial charge in [0.1, 0.15) is 5.82 Å². The first kappa shape index (κ1) is 21.1. The van der Waals surface area contributed by atoms with E-state index in [0.29, 0.717) is 5.82 Å². The fourth-order valence-corrected chi connectivity index (χ4v) is 5.03. The van der Waals surface area contributed by atoms with Gasteiger partial charge in [-0.3, -0.25) is 9.89 Å². The minimum atomic E-state index is 0.0912. The third-order valence-corrected chi connectivity index (χ3v) is 7.13. The highest BCUT2D eigenvalue weighted by atomic mass is 16.1. The molecule has 0 radical (unpaired) electrons. The minimum Gasteiger partial charge on any atom is -0.310 e. The monoisotopic (exact) mass is 432 g/mol. The molecule has 7 nitrogen and oxygen atoms in total. The van der Waals surface area contributed by atoms with Crippen LogP contribution in [0.3, 0.4) is 0 Å². The van der Waals surface area contributed by atoms with Gasteiger partial charge >= 0.3 is 0 Å². The number of carbonyl (C=O) groups excluding carboxylic acids is 1. The van der Waals surface area contributed by atoms with Crippen LogP contribution in [0.25, 0.3) is 21.9 Å². The van der Waals surface area contributed by atoms with Gasteiger partial charge in [0.15, 0.2) is 0 Å². The lowest BCUT2D eigenvalue weighted by Crippen LogP contribution is -2.46. The number of nitrogens with zero attached hydrogens (tertiary/aromatic N) is 4. The predicted molar refractivity (Wildman–Crippen MR) is 127 cm³/mol. The largest absolute Gasteiger partial charge is 0.310 e. The van der Waals surface area contributed by atoms with Crippen LogP contribution in [0.15, 0.2) is 42.9 Å². The second-order valence-electron chi connectivity index (χ2n) is 9.43. The number of anilines is 1. The molecule has 1 saturated heterocycles. The molecule has 7 heteroatoms. The second-order valence-corrected chi connectivity index (χ2v) is 9.43. The number of H-pyrrole nitrogens is 1. The van der Waals surface area contributed by atoms with Crippen LogP contribution in [0, 0.1) is 11.8 Å². The normalized spacial score (nSPS) is 22.8. The summed E-state index contributed by atoms with van der Waals surface area (Å²) in [5.74, 6) is 1.56. The lowest BCUT2D eigenvalue weighted by Gasteiger charge is -2.36. The molecule has 2 aliphatic rings. The number of pyridine rings is 1. The summed E-state index contributed by atoms with van der Waals surface area (Å²) in [6, 6.07) is 8.20. The van der Waals surface area contributed by atoms with Crippen molar-refractivity contribution in [3.8, 4) is 11.1 Å². The molecule has 1 aliphatic carbocycles. The molecule has 3 aromatic rings. The summed E-state index contributed by atoms with van der Waals surface area (Å²) in [5.41, 5.74) is 2.14. The molecule has 2 N–H and O–H groups in total. The van der Waals surface area contributed by atoms with Gasteiger partial charge in [-0.05, 0) is 61.7 Å². The van der Waals surface area contributed by atoms with E-state index in [-0.39, 0.29) is 11.8 Å². The van der Waals surface area contributed by atoms with Crippen molar-refractivity contribution in [2.24, 2.45) is 11.8 Å². The van der Waals surface area contributed by atoms with Crippen LogP contribution in [0.2, 0.25) is 0 Å². The predicted octanol–water partition coefficient (Wildman–Crippen LogP) is 3.62. The van der Waals surface area contributed by atoms with Crippen LogP contribution >= 0.6 is 0 Å². The van der Waals surface area contributed by atoms with E-state index in [1.165, 1.54) is 32.7 Å². The van der Waals surface area contributed by atoms with E-state index in [9.17, 15) is 4.79 Å². The van der Waals surface area contributed by atoms with Crippen LogP contribution in [0.4, 0.5) is 5.82 Å². The number of nitrogens with one attached hydrogen (secondary N) is 2. The third kappa shape index (κ3) is 4.84. The molecule has 2 aromatic heterocycles. The summed E-state index contributed by atoms with van der Waals surface area (Å²) in [7, 11) is 2.20. The Bertz CT molecular complexity index is 1050. The van der Waals surface area contributed by atoms with Crippen molar-refractivity contribution in [1.29, 1.82) is 0 Å². The Balaban J connectivity index is 1.17. The van der Waals surface area contributed by atoms with Crippen molar-refractivity contribution < 1.29 is 4.79 Å². The Kier molecular flexibility index (Phi) is 6.19. The Morgan fingerprint density at radius 3 is 2.59 bits per heavy atom. The van der Waals surface area contributed by atoms with E-state index >= 15 is 0 Å². The lowest BCUT2D eigenvalue weighted by molar-refractivity contribution is -0.121. The van der Waals surface area contributed by atoms with Gasteiger partial charge in [-0.25, -0.2) is 4.98 Å². The molecule has 0 atom stereocenters. The first-order chi connectivity index (χ1) is 15.6.